The first kappa shape index (κ1) is 19.3. The van der Waals surface area contributed by atoms with Gasteiger partial charge in [-0.1, -0.05) is 12.1 Å². The molecule has 0 saturated carbocycles. The molecule has 0 unspecified atom stereocenters. The summed E-state index contributed by atoms with van der Waals surface area (Å²) in [5.41, 5.74) is 1.82. The maximum atomic E-state index is 12.8. The molecule has 1 aromatic carbocycles. The number of anilines is 1. The minimum Gasteiger partial charge on any atom is -0.489 e. The third-order valence-electron chi connectivity index (χ3n) is 5.15. The van der Waals surface area contributed by atoms with Gasteiger partial charge in [0.1, 0.15) is 18.4 Å². The van der Waals surface area contributed by atoms with Gasteiger partial charge < -0.3 is 24.8 Å². The lowest BCUT2D eigenvalue weighted by Crippen LogP contribution is -2.49. The Kier molecular flexibility index (Phi) is 5.41. The highest BCUT2D eigenvalue weighted by molar-refractivity contribution is 6.02. The van der Waals surface area contributed by atoms with Gasteiger partial charge in [0.05, 0.1) is 24.6 Å². The fourth-order valence-corrected chi connectivity index (χ4v) is 3.53. The van der Waals surface area contributed by atoms with Gasteiger partial charge in [-0.15, -0.1) is 0 Å². The van der Waals surface area contributed by atoms with Crippen molar-refractivity contribution in [1.29, 1.82) is 0 Å². The minimum absolute atomic E-state index is 0.00394. The Balaban J connectivity index is 1.53. The second-order valence-corrected chi connectivity index (χ2v) is 7.02. The number of fused-ring (bicyclic) bond motifs is 1. The third-order valence-corrected chi connectivity index (χ3v) is 5.15. The average molecular weight is 398 g/mol. The summed E-state index contributed by atoms with van der Waals surface area (Å²) in [6.45, 7) is 0.890. The molecule has 0 bridgehead atoms. The molecule has 0 spiro atoms. The van der Waals surface area contributed by atoms with Crippen LogP contribution in [0, 0.1) is 0 Å². The van der Waals surface area contributed by atoms with E-state index in [0.29, 0.717) is 35.9 Å². The molecule has 1 fully saturated rings. The molecule has 4 rings (SSSR count). The Hall–Kier alpha value is -3.04. The quantitative estimate of drug-likeness (QED) is 0.776. The molecule has 2 atom stereocenters. The van der Waals surface area contributed by atoms with Crippen molar-refractivity contribution in [3.8, 4) is 5.75 Å². The predicted molar refractivity (Wildman–Crippen MR) is 103 cm³/mol. The Morgan fingerprint density at radius 2 is 2.17 bits per heavy atom. The van der Waals surface area contributed by atoms with Crippen molar-refractivity contribution >= 4 is 17.5 Å². The Labute approximate surface area is 167 Å². The molecule has 2 aliphatic rings. The van der Waals surface area contributed by atoms with Gasteiger partial charge in [0, 0.05) is 31.3 Å². The first-order chi connectivity index (χ1) is 14.1. The average Bonchev–Trinajstić information content (AvgIpc) is 3.26. The number of carbonyl (C=O) groups excluding carboxylic acids is 2. The van der Waals surface area contributed by atoms with E-state index in [1.807, 2.05) is 12.1 Å². The van der Waals surface area contributed by atoms with Gasteiger partial charge in [-0.05, 0) is 18.6 Å². The number of likely N-dealkylation sites (N-methyl/N-ethyl adjacent to an activating group) is 1. The first-order valence-electron chi connectivity index (χ1n) is 9.43. The lowest BCUT2D eigenvalue weighted by atomic mass is 10.0. The highest BCUT2D eigenvalue weighted by Gasteiger charge is 2.31. The fraction of sp³-hybridized carbons (Fsp3) is 0.400. The van der Waals surface area contributed by atoms with E-state index in [0.717, 1.165) is 6.42 Å². The van der Waals surface area contributed by atoms with Crippen LogP contribution in [0.5, 0.6) is 5.75 Å². The van der Waals surface area contributed by atoms with Crippen LogP contribution >= 0.6 is 0 Å². The van der Waals surface area contributed by atoms with Crippen molar-refractivity contribution in [3.63, 3.8) is 0 Å². The summed E-state index contributed by atoms with van der Waals surface area (Å²) in [7, 11) is 1.64. The van der Waals surface area contributed by atoms with E-state index < -0.39 is 11.9 Å². The van der Waals surface area contributed by atoms with Crippen LogP contribution in [0.25, 0.3) is 0 Å². The molecule has 2 aliphatic heterocycles. The number of nitrogens with one attached hydrogen (secondary N) is 1. The van der Waals surface area contributed by atoms with Gasteiger partial charge in [-0.25, -0.2) is 9.97 Å². The molecular weight excluding hydrogens is 376 g/mol. The molecule has 2 N–H and O–H groups in total. The molecule has 0 radical (unpaired) electrons. The van der Waals surface area contributed by atoms with Crippen LogP contribution in [0.2, 0.25) is 0 Å². The lowest BCUT2D eigenvalue weighted by molar-refractivity contribution is -0.120. The van der Waals surface area contributed by atoms with Gasteiger partial charge in [-0.3, -0.25) is 9.59 Å². The number of amides is 2. The fourth-order valence-electron chi connectivity index (χ4n) is 3.53. The van der Waals surface area contributed by atoms with Crippen LogP contribution in [0.15, 0.2) is 30.5 Å². The number of carbonyl (C=O) groups is 2. The van der Waals surface area contributed by atoms with E-state index in [1.165, 1.54) is 11.1 Å². The summed E-state index contributed by atoms with van der Waals surface area (Å²) in [5.74, 6) is -0.334. The number of aliphatic hydroxyl groups excluding tert-OH is 1. The van der Waals surface area contributed by atoms with Crippen molar-refractivity contribution in [3.05, 3.63) is 47.5 Å². The Morgan fingerprint density at radius 3 is 2.93 bits per heavy atom. The van der Waals surface area contributed by atoms with Gasteiger partial charge in [0.25, 0.3) is 11.8 Å². The van der Waals surface area contributed by atoms with E-state index in [1.54, 1.807) is 19.2 Å². The number of aliphatic hydroxyl groups is 1. The molecule has 2 amide bonds. The van der Waals surface area contributed by atoms with E-state index in [2.05, 4.69) is 15.3 Å². The van der Waals surface area contributed by atoms with Gasteiger partial charge in [0.2, 0.25) is 5.82 Å². The number of nitrogens with zero attached hydrogens (tertiary/aromatic N) is 3. The lowest BCUT2D eigenvalue weighted by Gasteiger charge is -2.20. The molecule has 1 aromatic heterocycles. The molecule has 3 heterocycles. The highest BCUT2D eigenvalue weighted by Crippen LogP contribution is 2.30. The van der Waals surface area contributed by atoms with Gasteiger partial charge in [-0.2, -0.15) is 0 Å². The molecule has 0 aliphatic carbocycles. The number of aromatic nitrogens is 2. The topological polar surface area (TPSA) is 114 Å². The van der Waals surface area contributed by atoms with Gasteiger partial charge >= 0.3 is 0 Å². The van der Waals surface area contributed by atoms with Crippen molar-refractivity contribution in [2.75, 3.05) is 31.8 Å². The van der Waals surface area contributed by atoms with E-state index in [-0.39, 0.29) is 30.9 Å². The van der Waals surface area contributed by atoms with Crippen LogP contribution in [0.1, 0.15) is 34.2 Å². The maximum Gasteiger partial charge on any atom is 0.289 e. The molecule has 9 nitrogen and oxygen atoms in total. The van der Waals surface area contributed by atoms with Crippen LogP contribution in [-0.4, -0.2) is 59.8 Å². The van der Waals surface area contributed by atoms with Crippen LogP contribution < -0.4 is 15.0 Å². The summed E-state index contributed by atoms with van der Waals surface area (Å²) >= 11 is 0. The Morgan fingerprint density at radius 1 is 1.34 bits per heavy atom. The third kappa shape index (κ3) is 3.79. The normalized spacial score (nSPS) is 21.3. The second kappa shape index (κ2) is 8.14. The van der Waals surface area contributed by atoms with Crippen LogP contribution in [0.3, 0.4) is 0 Å². The predicted octanol–water partition coefficient (Wildman–Crippen LogP) is 0.627. The number of rotatable bonds is 4. The van der Waals surface area contributed by atoms with Crippen molar-refractivity contribution < 1.29 is 24.2 Å². The smallest absolute Gasteiger partial charge is 0.289 e. The molecular formula is C20H22N4O5. The molecule has 29 heavy (non-hydrogen) atoms. The summed E-state index contributed by atoms with van der Waals surface area (Å²) in [6.07, 6.45) is 2.21. The largest absolute Gasteiger partial charge is 0.489 e. The van der Waals surface area contributed by atoms with Crippen LogP contribution in [0.4, 0.5) is 5.69 Å². The standard InChI is InChI=1S/C20H22N4O5/c1-24-15-4-2-3-5-16(15)29-11-14(20(24)27)22-19(26)18-21-8-13(9-25)17(23-18)12-6-7-28-10-12/h2-5,8,12,14,25H,6-7,9-11H2,1H3,(H,22,26)/t12-,14-/m0/s1. The van der Waals surface area contributed by atoms with Crippen LogP contribution in [-0.2, 0) is 16.1 Å². The second-order valence-electron chi connectivity index (χ2n) is 7.02. The summed E-state index contributed by atoms with van der Waals surface area (Å²) in [4.78, 5) is 35.4. The zero-order valence-corrected chi connectivity index (χ0v) is 16.0. The maximum absolute atomic E-state index is 12.8. The number of hydrogen-bond acceptors (Lipinski definition) is 7. The number of para-hydroxylation sites is 2. The highest BCUT2D eigenvalue weighted by atomic mass is 16.5. The molecule has 1 saturated heterocycles. The summed E-state index contributed by atoms with van der Waals surface area (Å²) < 4.78 is 11.1. The molecule has 152 valence electrons. The van der Waals surface area contributed by atoms with Crippen molar-refractivity contribution in [1.82, 2.24) is 15.3 Å². The van der Waals surface area contributed by atoms with E-state index in [4.69, 9.17) is 9.47 Å². The number of benzene rings is 1. The van der Waals surface area contributed by atoms with Crippen molar-refractivity contribution in [2.45, 2.75) is 25.0 Å². The zero-order valence-electron chi connectivity index (χ0n) is 16.0. The SMILES string of the molecule is CN1C(=O)[C@@H](NC(=O)c2ncc(CO)c([C@H]3CCOC3)n2)COc2ccccc21. The summed E-state index contributed by atoms with van der Waals surface area (Å²) in [5, 5.41) is 12.2. The Bertz CT molecular complexity index is 929. The van der Waals surface area contributed by atoms with Gasteiger partial charge in [0.15, 0.2) is 0 Å². The molecule has 2 aromatic rings. The van der Waals surface area contributed by atoms with Crippen molar-refractivity contribution in [2.24, 2.45) is 0 Å². The first-order valence-corrected chi connectivity index (χ1v) is 9.43. The number of ether oxygens (including phenoxy) is 2. The summed E-state index contributed by atoms with van der Waals surface area (Å²) in [6, 6.07) is 6.32. The van der Waals surface area contributed by atoms with E-state index >= 15 is 0 Å². The minimum atomic E-state index is -0.876. The zero-order chi connectivity index (χ0) is 20.4. The van der Waals surface area contributed by atoms with E-state index in [9.17, 15) is 14.7 Å². The molecule has 9 heteroatoms. The monoisotopic (exact) mass is 398 g/mol. The number of hydrogen-bond donors (Lipinski definition) is 2.